The minimum atomic E-state index is -3.01. The summed E-state index contributed by atoms with van der Waals surface area (Å²) >= 11 is 0. The molecule has 0 atom stereocenters. The van der Waals surface area contributed by atoms with Crippen LogP contribution in [0.5, 0.6) is 23.0 Å². The van der Waals surface area contributed by atoms with Crippen LogP contribution in [0.3, 0.4) is 0 Å². The summed E-state index contributed by atoms with van der Waals surface area (Å²) in [5, 5.41) is 0. The third-order valence-corrected chi connectivity index (χ3v) is 2.19. The lowest BCUT2D eigenvalue weighted by molar-refractivity contribution is -0.310. The molecule has 0 aromatic heterocycles. The second-order valence-electron chi connectivity index (χ2n) is 2.65. The van der Waals surface area contributed by atoms with Crippen LogP contribution in [0.25, 0.3) is 0 Å². The Labute approximate surface area is 94.3 Å². The molecule has 0 N–H and O–H groups in total. The van der Waals surface area contributed by atoms with E-state index in [1.165, 1.54) is 33.5 Å². The molecule has 1 rings (SSSR count). The molecule has 1 aromatic rings. The zero-order chi connectivity index (χ0) is 12.1. The van der Waals surface area contributed by atoms with Gasteiger partial charge < -0.3 is 28.5 Å². The van der Waals surface area contributed by atoms with Crippen molar-refractivity contribution < 1.29 is 28.5 Å². The first-order valence-corrected chi connectivity index (χ1v) is 5.35. The van der Waals surface area contributed by atoms with Gasteiger partial charge >= 0.3 is 0 Å². The zero-order valence-corrected chi connectivity index (χ0v) is 9.95. The summed E-state index contributed by atoms with van der Waals surface area (Å²) in [5.41, 5.74) is 0. The molecule has 0 fully saturated rings. The molecule has 0 amide bonds. The molecular weight excluding hydrogens is 235 g/mol. The van der Waals surface area contributed by atoms with Crippen molar-refractivity contribution in [3.63, 3.8) is 0 Å². The summed E-state index contributed by atoms with van der Waals surface area (Å²) in [6.45, 7) is 0. The molecule has 0 spiro atoms. The van der Waals surface area contributed by atoms with Gasteiger partial charge in [-0.05, 0) is 12.1 Å². The van der Waals surface area contributed by atoms with Gasteiger partial charge in [0.05, 0.1) is 21.3 Å². The Morgan fingerprint density at radius 1 is 0.875 bits per heavy atom. The Morgan fingerprint density at radius 2 is 1.38 bits per heavy atom. The van der Waals surface area contributed by atoms with Gasteiger partial charge in [0.25, 0.3) is 0 Å². The van der Waals surface area contributed by atoms with Crippen LogP contribution in [0.15, 0.2) is 12.1 Å². The van der Waals surface area contributed by atoms with Crippen LogP contribution in [-0.4, -0.2) is 21.3 Å². The first-order valence-electron chi connectivity index (χ1n) is 4.25. The molecule has 7 heteroatoms. The van der Waals surface area contributed by atoms with Gasteiger partial charge in [-0.1, -0.05) is 8.60 Å². The van der Waals surface area contributed by atoms with Crippen LogP contribution in [0, 0.1) is 0 Å². The predicted molar refractivity (Wildman–Crippen MR) is 53.6 cm³/mol. The number of hydrogen-bond donors (Lipinski definition) is 0. The molecule has 0 saturated heterocycles. The van der Waals surface area contributed by atoms with Crippen molar-refractivity contribution in [2.45, 2.75) is 0 Å². The van der Waals surface area contributed by atoms with Crippen molar-refractivity contribution in [3.8, 4) is 23.0 Å². The summed E-state index contributed by atoms with van der Waals surface area (Å²) in [5.74, 6) is 0.921. The molecule has 0 heterocycles. The fraction of sp³-hybridized carbons (Fsp3) is 0.333. The molecule has 16 heavy (non-hydrogen) atoms. The zero-order valence-electron chi connectivity index (χ0n) is 9.05. The Morgan fingerprint density at radius 3 is 1.81 bits per heavy atom. The van der Waals surface area contributed by atoms with Crippen molar-refractivity contribution in [1.82, 2.24) is 0 Å². The minimum absolute atomic E-state index is 0.0521. The van der Waals surface area contributed by atoms with E-state index < -0.39 is 8.60 Å². The lowest BCUT2D eigenvalue weighted by Gasteiger charge is -2.30. The number of hydrogen-bond acceptors (Lipinski definition) is 6. The fourth-order valence-electron chi connectivity index (χ4n) is 1.23. The first kappa shape index (κ1) is 12.8. The van der Waals surface area contributed by atoms with Crippen LogP contribution >= 0.6 is 8.60 Å². The van der Waals surface area contributed by atoms with E-state index in [1.54, 1.807) is 0 Å². The summed E-state index contributed by atoms with van der Waals surface area (Å²) in [6.07, 6.45) is 0. The normalized spacial score (nSPS) is 10.1. The Balaban J connectivity index is 3.20. The third kappa shape index (κ3) is 2.66. The van der Waals surface area contributed by atoms with E-state index >= 15 is 0 Å². The fourth-order valence-corrected chi connectivity index (χ4v) is 1.53. The van der Waals surface area contributed by atoms with Gasteiger partial charge in [0, 0.05) is 0 Å². The quantitative estimate of drug-likeness (QED) is 0.682. The number of rotatable bonds is 5. The smallest absolute Gasteiger partial charge is 0.207 e. The third-order valence-electron chi connectivity index (χ3n) is 1.84. The van der Waals surface area contributed by atoms with Gasteiger partial charge in [-0.15, -0.1) is 0 Å². The van der Waals surface area contributed by atoms with E-state index in [4.69, 9.17) is 14.2 Å². The van der Waals surface area contributed by atoms with Crippen LogP contribution in [0.2, 0.25) is 0 Å². The van der Waals surface area contributed by atoms with E-state index in [9.17, 15) is 9.79 Å². The Hall–Kier alpha value is -1.23. The van der Waals surface area contributed by atoms with E-state index in [1.807, 2.05) is 0 Å². The first-order chi connectivity index (χ1) is 7.63. The van der Waals surface area contributed by atoms with Crippen molar-refractivity contribution in [1.29, 1.82) is 0 Å². The number of benzene rings is 1. The lowest BCUT2D eigenvalue weighted by atomic mass is 10.2. The minimum Gasteiger partial charge on any atom is -0.810 e. The molecule has 0 unspecified atom stereocenters. The molecule has 6 nitrogen and oxygen atoms in total. The summed E-state index contributed by atoms with van der Waals surface area (Å²) < 4.78 is 19.7. The average Bonchev–Trinajstić information content (AvgIpc) is 2.27. The molecular formula is C9H11O6P-2. The van der Waals surface area contributed by atoms with Gasteiger partial charge in [0.2, 0.25) is 11.5 Å². The van der Waals surface area contributed by atoms with Crippen LogP contribution < -0.4 is 28.5 Å². The predicted octanol–water partition coefficient (Wildman–Crippen LogP) is 0.0387. The Bertz CT molecular complexity index is 354. The molecule has 0 saturated carbocycles. The monoisotopic (exact) mass is 246 g/mol. The molecule has 0 aliphatic carbocycles. The maximum atomic E-state index is 10.5. The molecule has 0 radical (unpaired) electrons. The van der Waals surface area contributed by atoms with Crippen LogP contribution in [0.1, 0.15) is 0 Å². The second-order valence-corrected chi connectivity index (χ2v) is 3.28. The van der Waals surface area contributed by atoms with Crippen molar-refractivity contribution >= 4 is 8.60 Å². The Kier molecular flexibility index (Phi) is 4.61. The molecule has 0 bridgehead atoms. The van der Waals surface area contributed by atoms with Crippen molar-refractivity contribution in [2.75, 3.05) is 21.3 Å². The van der Waals surface area contributed by atoms with E-state index in [2.05, 4.69) is 4.52 Å². The van der Waals surface area contributed by atoms with Crippen molar-refractivity contribution in [2.24, 2.45) is 0 Å². The van der Waals surface area contributed by atoms with Crippen LogP contribution in [-0.2, 0) is 0 Å². The summed E-state index contributed by atoms with van der Waals surface area (Å²) in [7, 11) is 1.25. The maximum absolute atomic E-state index is 10.5. The molecule has 0 aliphatic heterocycles. The molecule has 1 aromatic carbocycles. The largest absolute Gasteiger partial charge is 0.810 e. The maximum Gasteiger partial charge on any atom is 0.207 e. The standard InChI is InChI=1S/C9H11O6P/c1-12-6-4-5-7(15-16(10)11)9(14-3)8(6)13-2/h4-5H,1-3H3/q-2. The van der Waals surface area contributed by atoms with Crippen molar-refractivity contribution in [3.05, 3.63) is 12.1 Å². The van der Waals surface area contributed by atoms with E-state index in [0.717, 1.165) is 0 Å². The lowest BCUT2D eigenvalue weighted by Crippen LogP contribution is -2.13. The summed E-state index contributed by atoms with van der Waals surface area (Å²) in [4.78, 5) is 21.0. The molecule has 0 aliphatic rings. The summed E-state index contributed by atoms with van der Waals surface area (Å²) in [6, 6.07) is 2.95. The van der Waals surface area contributed by atoms with Gasteiger partial charge in [0.1, 0.15) is 0 Å². The number of methoxy groups -OCH3 is 3. The second kappa shape index (κ2) is 5.75. The average molecular weight is 246 g/mol. The van der Waals surface area contributed by atoms with E-state index in [-0.39, 0.29) is 17.2 Å². The highest BCUT2D eigenvalue weighted by Gasteiger charge is 2.16. The highest BCUT2D eigenvalue weighted by atomic mass is 31.2. The number of ether oxygens (including phenoxy) is 3. The highest BCUT2D eigenvalue weighted by molar-refractivity contribution is 7.36. The molecule has 90 valence electrons. The van der Waals surface area contributed by atoms with Gasteiger partial charge in [-0.2, -0.15) is 0 Å². The topological polar surface area (TPSA) is 83.0 Å². The highest BCUT2D eigenvalue weighted by Crippen LogP contribution is 2.45. The van der Waals surface area contributed by atoms with Gasteiger partial charge in [0.15, 0.2) is 11.5 Å². The van der Waals surface area contributed by atoms with Crippen LogP contribution in [0.4, 0.5) is 0 Å². The SMILES string of the molecule is COc1ccc(OP([O-])[O-])c(OC)c1OC. The van der Waals surface area contributed by atoms with E-state index in [0.29, 0.717) is 5.75 Å². The van der Waals surface area contributed by atoms with Gasteiger partial charge in [-0.3, -0.25) is 0 Å². The van der Waals surface area contributed by atoms with Gasteiger partial charge in [-0.25, -0.2) is 0 Å².